The molecule has 1 aliphatic rings. The maximum Gasteiger partial charge on any atom is 0.331 e. The number of rotatable bonds is 6. The lowest BCUT2D eigenvalue weighted by Gasteiger charge is -2.07. The molecule has 0 atom stereocenters. The van der Waals surface area contributed by atoms with Crippen molar-refractivity contribution in [1.29, 1.82) is 0 Å². The van der Waals surface area contributed by atoms with Crippen LogP contribution in [0.3, 0.4) is 0 Å². The molecule has 3 rings (SSSR count). The first-order valence-electron chi connectivity index (χ1n) is 8.51. The van der Waals surface area contributed by atoms with Gasteiger partial charge in [-0.15, -0.1) is 5.10 Å². The highest BCUT2D eigenvalue weighted by Crippen LogP contribution is 2.23. The predicted molar refractivity (Wildman–Crippen MR) is 108 cm³/mol. The third-order valence-electron chi connectivity index (χ3n) is 3.70. The zero-order chi connectivity index (χ0) is 21.5. The normalized spacial score (nSPS) is 16.3. The maximum absolute atomic E-state index is 13.6. The van der Waals surface area contributed by atoms with Crippen molar-refractivity contribution in [2.45, 2.75) is 6.61 Å². The molecule has 2 aromatic carbocycles. The standard InChI is InChI=1S/C20H15F2N3O4S/c1-28-18(26)9-17-19(27)24-20(30-17)25-23-10-12-3-2-4-13(7-12)11-29-16-8-14(21)5-6-15(16)22/h2-10H,11H2,1H3,(H,24,25,27)/b17-9+,23-10?. The molecule has 1 saturated heterocycles. The fourth-order valence-electron chi connectivity index (χ4n) is 2.30. The number of benzene rings is 2. The van der Waals surface area contributed by atoms with Crippen LogP contribution in [-0.4, -0.2) is 30.4 Å². The lowest BCUT2D eigenvalue weighted by atomic mass is 10.1. The van der Waals surface area contributed by atoms with Gasteiger partial charge in [-0.1, -0.05) is 18.2 Å². The van der Waals surface area contributed by atoms with E-state index in [1.54, 1.807) is 24.3 Å². The molecule has 30 heavy (non-hydrogen) atoms. The second kappa shape index (κ2) is 9.79. The number of ether oxygens (including phenoxy) is 2. The van der Waals surface area contributed by atoms with Gasteiger partial charge in [-0.05, 0) is 41.1 Å². The number of carbonyl (C=O) groups excluding carboxylic acids is 2. The Kier molecular flexibility index (Phi) is 6.91. The van der Waals surface area contributed by atoms with Crippen molar-refractivity contribution in [3.63, 3.8) is 0 Å². The summed E-state index contributed by atoms with van der Waals surface area (Å²) in [6.45, 7) is 0.0319. The molecule has 1 aliphatic heterocycles. The highest BCUT2D eigenvalue weighted by Gasteiger charge is 2.24. The van der Waals surface area contributed by atoms with Crippen molar-refractivity contribution in [1.82, 2.24) is 5.32 Å². The molecule has 0 saturated carbocycles. The van der Waals surface area contributed by atoms with E-state index in [4.69, 9.17) is 4.74 Å². The van der Waals surface area contributed by atoms with Crippen LogP contribution in [-0.2, 0) is 20.9 Å². The smallest absolute Gasteiger partial charge is 0.331 e. The van der Waals surface area contributed by atoms with Crippen LogP contribution < -0.4 is 10.1 Å². The number of nitrogens with one attached hydrogen (secondary N) is 1. The molecule has 1 amide bonds. The van der Waals surface area contributed by atoms with Crippen LogP contribution in [0.15, 0.2) is 63.6 Å². The minimum Gasteiger partial charge on any atom is -0.486 e. The van der Waals surface area contributed by atoms with E-state index < -0.39 is 23.5 Å². The van der Waals surface area contributed by atoms with Crippen LogP contribution in [0.4, 0.5) is 8.78 Å². The van der Waals surface area contributed by atoms with E-state index in [-0.39, 0.29) is 22.4 Å². The topological polar surface area (TPSA) is 89.3 Å². The van der Waals surface area contributed by atoms with Gasteiger partial charge in [-0.25, -0.2) is 13.6 Å². The summed E-state index contributed by atoms with van der Waals surface area (Å²) >= 11 is 0.959. The predicted octanol–water partition coefficient (Wildman–Crippen LogP) is 3.15. The van der Waals surface area contributed by atoms with E-state index >= 15 is 0 Å². The molecule has 0 bridgehead atoms. The average molecular weight is 431 g/mol. The van der Waals surface area contributed by atoms with Crippen molar-refractivity contribution in [3.05, 3.63) is 76.2 Å². The molecule has 2 aromatic rings. The van der Waals surface area contributed by atoms with E-state index in [0.717, 1.165) is 36.0 Å². The quantitative estimate of drug-likeness (QED) is 0.329. The molecule has 1 heterocycles. The Morgan fingerprint density at radius 2 is 2.07 bits per heavy atom. The zero-order valence-electron chi connectivity index (χ0n) is 15.6. The van der Waals surface area contributed by atoms with Crippen molar-refractivity contribution in [2.24, 2.45) is 10.2 Å². The van der Waals surface area contributed by atoms with Crippen LogP contribution in [0, 0.1) is 11.6 Å². The molecule has 1 N–H and O–H groups in total. The largest absolute Gasteiger partial charge is 0.486 e. The third kappa shape index (κ3) is 5.74. The van der Waals surface area contributed by atoms with E-state index in [1.165, 1.54) is 13.3 Å². The lowest BCUT2D eigenvalue weighted by molar-refractivity contribution is -0.135. The van der Waals surface area contributed by atoms with Gasteiger partial charge in [0.2, 0.25) is 0 Å². The van der Waals surface area contributed by atoms with Gasteiger partial charge in [0.25, 0.3) is 5.91 Å². The van der Waals surface area contributed by atoms with E-state index in [9.17, 15) is 18.4 Å². The molecule has 7 nitrogen and oxygen atoms in total. The van der Waals surface area contributed by atoms with Crippen LogP contribution in [0.5, 0.6) is 5.75 Å². The van der Waals surface area contributed by atoms with Crippen LogP contribution in [0.2, 0.25) is 0 Å². The van der Waals surface area contributed by atoms with Gasteiger partial charge >= 0.3 is 5.97 Å². The average Bonchev–Trinajstić information content (AvgIpc) is 3.08. The second-order valence-electron chi connectivity index (χ2n) is 5.85. The van der Waals surface area contributed by atoms with Gasteiger partial charge in [0.15, 0.2) is 16.7 Å². The van der Waals surface area contributed by atoms with Crippen molar-refractivity contribution < 1.29 is 27.8 Å². The summed E-state index contributed by atoms with van der Waals surface area (Å²) < 4.78 is 36.6. The first-order valence-corrected chi connectivity index (χ1v) is 9.33. The third-order valence-corrected chi connectivity index (χ3v) is 4.60. The molecular formula is C20H15F2N3O4S. The van der Waals surface area contributed by atoms with Crippen LogP contribution in [0.25, 0.3) is 0 Å². The van der Waals surface area contributed by atoms with Gasteiger partial charge < -0.3 is 9.47 Å². The molecule has 0 aliphatic carbocycles. The summed E-state index contributed by atoms with van der Waals surface area (Å²) in [6, 6.07) is 10.0. The summed E-state index contributed by atoms with van der Waals surface area (Å²) in [5.41, 5.74) is 1.39. The highest BCUT2D eigenvalue weighted by molar-refractivity contribution is 8.18. The molecule has 154 valence electrons. The minimum absolute atomic E-state index is 0.0319. The van der Waals surface area contributed by atoms with E-state index in [2.05, 4.69) is 20.3 Å². The fraction of sp³-hybridized carbons (Fsp3) is 0.100. The number of thioether (sulfide) groups is 1. The summed E-state index contributed by atoms with van der Waals surface area (Å²) in [6.07, 6.45) is 2.52. The summed E-state index contributed by atoms with van der Waals surface area (Å²) in [7, 11) is 1.21. The molecule has 0 aromatic heterocycles. The van der Waals surface area contributed by atoms with Gasteiger partial charge in [0, 0.05) is 12.1 Å². The number of carbonyl (C=O) groups is 2. The Morgan fingerprint density at radius 1 is 1.23 bits per heavy atom. The first kappa shape index (κ1) is 21.2. The highest BCUT2D eigenvalue weighted by atomic mass is 32.2. The maximum atomic E-state index is 13.6. The Hall–Kier alpha value is -3.53. The number of esters is 1. The number of hydrogen-bond donors (Lipinski definition) is 1. The minimum atomic E-state index is -0.651. The summed E-state index contributed by atoms with van der Waals surface area (Å²) in [4.78, 5) is 23.1. The Bertz CT molecular complexity index is 1070. The van der Waals surface area contributed by atoms with Crippen LogP contribution >= 0.6 is 11.8 Å². The molecule has 10 heteroatoms. The summed E-state index contributed by atoms with van der Waals surface area (Å²) in [5, 5.41) is 10.5. The number of amidine groups is 1. The summed E-state index contributed by atoms with van der Waals surface area (Å²) in [5.74, 6) is -2.53. The van der Waals surface area contributed by atoms with Crippen molar-refractivity contribution >= 4 is 35.0 Å². The number of halogens is 2. The monoisotopic (exact) mass is 431 g/mol. The number of nitrogens with zero attached hydrogens (tertiary/aromatic N) is 2. The van der Waals surface area contributed by atoms with E-state index in [0.29, 0.717) is 11.1 Å². The number of amides is 1. The van der Waals surface area contributed by atoms with Crippen LogP contribution in [0.1, 0.15) is 11.1 Å². The fourth-order valence-corrected chi connectivity index (χ4v) is 3.04. The van der Waals surface area contributed by atoms with Crippen molar-refractivity contribution in [2.75, 3.05) is 7.11 Å². The van der Waals surface area contributed by atoms with Gasteiger partial charge in [0.05, 0.1) is 18.2 Å². The Balaban J connectivity index is 1.62. The van der Waals surface area contributed by atoms with Gasteiger partial charge in [-0.2, -0.15) is 5.10 Å². The van der Waals surface area contributed by atoms with Crippen molar-refractivity contribution in [3.8, 4) is 5.75 Å². The van der Waals surface area contributed by atoms with E-state index in [1.807, 2.05) is 0 Å². The molecule has 0 spiro atoms. The second-order valence-corrected chi connectivity index (χ2v) is 6.88. The molecule has 0 radical (unpaired) electrons. The van der Waals surface area contributed by atoms with Gasteiger partial charge in [0.1, 0.15) is 12.4 Å². The molecular weight excluding hydrogens is 416 g/mol. The molecule has 0 unspecified atom stereocenters. The SMILES string of the molecule is COC(=O)/C=C1/S/C(=N\N=Cc2cccc(COc3cc(F)ccc3F)c2)NC1=O. The van der Waals surface area contributed by atoms with Gasteiger partial charge in [-0.3, -0.25) is 10.1 Å². The lowest BCUT2D eigenvalue weighted by Crippen LogP contribution is -2.19. The Morgan fingerprint density at radius 3 is 2.87 bits per heavy atom. The zero-order valence-corrected chi connectivity index (χ0v) is 16.4. The first-order chi connectivity index (χ1) is 14.4. The molecule has 1 fully saturated rings. The Labute approximate surface area is 174 Å². The number of methoxy groups -OCH3 is 1. The number of hydrogen-bond acceptors (Lipinski definition) is 7.